The Bertz CT molecular complexity index is 1060. The fourth-order valence-electron chi connectivity index (χ4n) is 4.57. The number of unbranched alkanes of at least 4 members (excludes halogenated alkanes) is 2. The fraction of sp³-hybridized carbons (Fsp3) is 0.517. The Morgan fingerprint density at radius 2 is 1.92 bits per heavy atom. The minimum absolute atomic E-state index is 0.00530. The lowest BCUT2D eigenvalue weighted by molar-refractivity contribution is -0.148. The van der Waals surface area contributed by atoms with E-state index in [4.69, 9.17) is 4.74 Å². The smallest absolute Gasteiger partial charge is 0.437 e. The minimum Gasteiger partial charge on any atom is -0.437 e. The molecule has 1 N–H and O–H groups in total. The van der Waals surface area contributed by atoms with Gasteiger partial charge in [-0.3, -0.25) is 4.79 Å². The zero-order valence-electron chi connectivity index (χ0n) is 22.0. The maximum absolute atomic E-state index is 14.2. The number of ether oxygens (including phenoxy) is 2. The number of methoxy groups -OCH3 is 1. The van der Waals surface area contributed by atoms with Crippen molar-refractivity contribution in [3.05, 3.63) is 65.1 Å². The number of carbonyl (C=O) groups is 2. The Kier molecular flexibility index (Phi) is 11.3. The van der Waals surface area contributed by atoms with Crippen molar-refractivity contribution >= 4 is 23.4 Å². The number of alkyl halides is 2. The van der Waals surface area contributed by atoms with Crippen LogP contribution in [0.5, 0.6) is 5.06 Å². The summed E-state index contributed by atoms with van der Waals surface area (Å²) in [6.07, 6.45) is 7.01. The molecule has 1 aromatic carbocycles. The molecule has 0 unspecified atom stereocenters. The second-order valence-electron chi connectivity index (χ2n) is 9.79. The van der Waals surface area contributed by atoms with Crippen molar-refractivity contribution in [3.63, 3.8) is 0 Å². The molecule has 1 aromatic heterocycles. The van der Waals surface area contributed by atoms with Gasteiger partial charge < -0.3 is 19.5 Å². The summed E-state index contributed by atoms with van der Waals surface area (Å²) < 4.78 is 37.9. The highest BCUT2D eigenvalue weighted by molar-refractivity contribution is 7.13. The number of likely N-dealkylation sites (tertiary alicyclic amines) is 1. The first-order chi connectivity index (χ1) is 18.2. The molecule has 1 saturated heterocycles. The van der Waals surface area contributed by atoms with Gasteiger partial charge in [-0.2, -0.15) is 8.78 Å². The number of halogens is 2. The molecule has 0 aliphatic carbocycles. The van der Waals surface area contributed by atoms with Crippen LogP contribution in [0.15, 0.2) is 54.6 Å². The summed E-state index contributed by atoms with van der Waals surface area (Å²) in [6, 6.07) is 13.0. The molecule has 38 heavy (non-hydrogen) atoms. The van der Waals surface area contributed by atoms with Crippen LogP contribution in [0.2, 0.25) is 0 Å². The number of rotatable bonds is 14. The van der Waals surface area contributed by atoms with Crippen LogP contribution in [-0.2, 0) is 22.4 Å². The molecule has 0 radical (unpaired) electrons. The van der Waals surface area contributed by atoms with Crippen molar-refractivity contribution in [3.8, 4) is 5.06 Å². The predicted molar refractivity (Wildman–Crippen MR) is 144 cm³/mol. The number of thiophene rings is 1. The van der Waals surface area contributed by atoms with E-state index in [1.165, 1.54) is 28.9 Å². The van der Waals surface area contributed by atoms with E-state index in [2.05, 4.69) is 16.9 Å². The van der Waals surface area contributed by atoms with Crippen molar-refractivity contribution < 1.29 is 33.0 Å². The lowest BCUT2D eigenvalue weighted by atomic mass is 9.95. The molecule has 9 heteroatoms. The van der Waals surface area contributed by atoms with E-state index >= 15 is 0 Å². The first-order valence-corrected chi connectivity index (χ1v) is 13.9. The summed E-state index contributed by atoms with van der Waals surface area (Å²) in [5.41, 5.74) is 1.32. The van der Waals surface area contributed by atoms with E-state index in [9.17, 15) is 23.5 Å². The van der Waals surface area contributed by atoms with Crippen LogP contribution in [0, 0.1) is 5.92 Å². The lowest BCUT2D eigenvalue weighted by Gasteiger charge is -2.22. The maximum atomic E-state index is 14.2. The maximum Gasteiger partial charge on any atom is 0.514 e. The molecule has 3 rings (SSSR count). The number of hydrogen-bond acceptors (Lipinski definition) is 6. The third-order valence-electron chi connectivity index (χ3n) is 6.83. The largest absolute Gasteiger partial charge is 0.514 e. The lowest BCUT2D eigenvalue weighted by Crippen LogP contribution is -2.36. The molecule has 1 aliphatic rings. The van der Waals surface area contributed by atoms with E-state index in [1.54, 1.807) is 24.3 Å². The number of aliphatic hydroxyl groups is 1. The molecule has 6 nitrogen and oxygen atoms in total. The van der Waals surface area contributed by atoms with Crippen molar-refractivity contribution in [2.24, 2.45) is 5.92 Å². The zero-order valence-corrected chi connectivity index (χ0v) is 22.8. The molecule has 3 atom stereocenters. The normalized spacial score (nSPS) is 18.6. The number of aliphatic hydroxyl groups excluding tert-OH is 1. The number of hydrogen-bond donors (Lipinski definition) is 1. The Morgan fingerprint density at radius 1 is 1.16 bits per heavy atom. The van der Waals surface area contributed by atoms with E-state index < -0.39 is 36.6 Å². The van der Waals surface area contributed by atoms with Gasteiger partial charge in [0.15, 0.2) is 5.06 Å². The fourth-order valence-corrected chi connectivity index (χ4v) is 5.46. The molecule has 0 bridgehead atoms. The summed E-state index contributed by atoms with van der Waals surface area (Å²) in [5.74, 6) is -4.59. The van der Waals surface area contributed by atoms with Gasteiger partial charge in [0.25, 0.3) is 5.91 Å². The summed E-state index contributed by atoms with van der Waals surface area (Å²) in [5, 5.41) is 11.0. The number of nitrogens with zero attached hydrogens (tertiary/aromatic N) is 1. The number of benzene rings is 1. The van der Waals surface area contributed by atoms with Gasteiger partial charge in [0.2, 0.25) is 0 Å². The number of aryl methyl sites for hydroxylation is 2. The van der Waals surface area contributed by atoms with Crippen molar-refractivity contribution in [1.29, 1.82) is 0 Å². The van der Waals surface area contributed by atoms with Gasteiger partial charge in [0.1, 0.15) is 0 Å². The SMILES string of the molecule is COC(=O)Oc1ccc(CCCN2C(=O)C(F)(F)C[C@@H]2/C=C/[C@@H](O)[C@@H](C)CCCCCc2ccccc2)s1. The van der Waals surface area contributed by atoms with Gasteiger partial charge in [0.05, 0.1) is 19.3 Å². The molecule has 2 aromatic rings. The summed E-state index contributed by atoms with van der Waals surface area (Å²) in [4.78, 5) is 25.7. The van der Waals surface area contributed by atoms with E-state index in [0.29, 0.717) is 17.9 Å². The molecule has 1 fully saturated rings. The van der Waals surface area contributed by atoms with Crippen LogP contribution < -0.4 is 4.74 Å². The molecule has 208 valence electrons. The van der Waals surface area contributed by atoms with Crippen molar-refractivity contribution in [2.45, 2.75) is 76.4 Å². The summed E-state index contributed by atoms with van der Waals surface area (Å²) in [6.45, 7) is 2.12. The second kappa shape index (κ2) is 14.4. The van der Waals surface area contributed by atoms with Gasteiger partial charge in [-0.05, 0) is 55.7 Å². The van der Waals surface area contributed by atoms with Gasteiger partial charge in [0, 0.05) is 17.8 Å². The highest BCUT2D eigenvalue weighted by Crippen LogP contribution is 2.35. The zero-order chi connectivity index (χ0) is 27.5. The second-order valence-corrected chi connectivity index (χ2v) is 10.9. The number of carbonyl (C=O) groups excluding carboxylic acids is 2. The molecule has 2 heterocycles. The standard InChI is InChI=1S/C29H37F2NO5S/c1-21(10-5-3-6-11-22-12-7-4-8-13-22)25(33)17-15-23-20-29(30,31)27(34)32(23)19-9-14-24-16-18-26(38-24)37-28(35)36-2/h4,7-8,12-13,15-18,21,23,25,33H,3,5-6,9-11,14,19-20H2,1-2H3/b17-15+/t21-,23-,25+/m0/s1. The monoisotopic (exact) mass is 549 g/mol. The van der Waals surface area contributed by atoms with E-state index in [1.807, 2.05) is 25.1 Å². The topological polar surface area (TPSA) is 76.1 Å². The van der Waals surface area contributed by atoms with Crippen molar-refractivity contribution in [2.75, 3.05) is 13.7 Å². The Hall–Kier alpha value is -2.78. The molecule has 0 spiro atoms. The van der Waals surface area contributed by atoms with Gasteiger partial charge in [-0.25, -0.2) is 4.79 Å². The molecular weight excluding hydrogens is 512 g/mol. The highest BCUT2D eigenvalue weighted by atomic mass is 32.1. The van der Waals surface area contributed by atoms with Crippen LogP contribution in [0.25, 0.3) is 0 Å². The van der Waals surface area contributed by atoms with E-state index in [-0.39, 0.29) is 12.5 Å². The Balaban J connectivity index is 1.44. The van der Waals surface area contributed by atoms with Crippen LogP contribution in [0.1, 0.15) is 55.9 Å². The van der Waals surface area contributed by atoms with Crippen LogP contribution in [0.4, 0.5) is 13.6 Å². The Morgan fingerprint density at radius 3 is 2.66 bits per heavy atom. The van der Waals surface area contributed by atoms with E-state index in [0.717, 1.165) is 37.0 Å². The summed E-state index contributed by atoms with van der Waals surface area (Å²) >= 11 is 1.26. The first-order valence-electron chi connectivity index (χ1n) is 13.1. The molecule has 1 amide bonds. The average molecular weight is 550 g/mol. The predicted octanol–water partition coefficient (Wildman–Crippen LogP) is 6.42. The van der Waals surface area contributed by atoms with Gasteiger partial charge in [-0.15, -0.1) is 11.3 Å². The van der Waals surface area contributed by atoms with Crippen molar-refractivity contribution in [1.82, 2.24) is 4.90 Å². The highest BCUT2D eigenvalue weighted by Gasteiger charge is 2.52. The molecule has 1 aliphatic heterocycles. The van der Waals surface area contributed by atoms with Gasteiger partial charge >= 0.3 is 12.1 Å². The Labute approximate surface area is 227 Å². The summed E-state index contributed by atoms with van der Waals surface area (Å²) in [7, 11) is 1.22. The first kappa shape index (κ1) is 29.8. The van der Waals surface area contributed by atoms with Crippen LogP contribution in [0.3, 0.4) is 0 Å². The minimum atomic E-state index is -3.41. The number of amides is 1. The third kappa shape index (κ3) is 8.91. The average Bonchev–Trinajstić information content (AvgIpc) is 3.43. The quantitative estimate of drug-likeness (QED) is 0.167. The molecular formula is C29H37F2NO5S. The van der Waals surface area contributed by atoms with Crippen LogP contribution >= 0.6 is 11.3 Å². The third-order valence-corrected chi connectivity index (χ3v) is 7.85. The van der Waals surface area contributed by atoms with Gasteiger partial charge in [-0.1, -0.05) is 62.2 Å². The molecule has 0 saturated carbocycles. The van der Waals surface area contributed by atoms with Crippen LogP contribution in [-0.4, -0.2) is 53.8 Å².